The lowest BCUT2D eigenvalue weighted by molar-refractivity contribution is 0.318. The van der Waals surface area contributed by atoms with Crippen LogP contribution in [0.25, 0.3) is 0 Å². The minimum absolute atomic E-state index is 0.257. The highest BCUT2D eigenvalue weighted by molar-refractivity contribution is 5.08. The first-order valence-corrected chi connectivity index (χ1v) is 7.57. The molecule has 0 radical (unpaired) electrons. The fourth-order valence-electron chi connectivity index (χ4n) is 3.14. The summed E-state index contributed by atoms with van der Waals surface area (Å²) in [4.78, 5) is 2.42. The Bertz CT molecular complexity index is 244. The second-order valence-electron chi connectivity index (χ2n) is 5.75. The van der Waals surface area contributed by atoms with Crippen LogP contribution < -0.4 is 0 Å². The third kappa shape index (κ3) is 4.32. The number of nitriles is 1. The topological polar surface area (TPSA) is 26.8 Å². The maximum absolute atomic E-state index is 8.92. The van der Waals surface area contributed by atoms with Gasteiger partial charge in [0.1, 0.15) is 6.04 Å². The Morgan fingerprint density at radius 2 is 1.24 bits per heavy atom. The SMILES string of the molecule is N#CC1CN1C1CCCCCCCCCCC1. The molecule has 1 aliphatic heterocycles. The Labute approximate surface area is 106 Å². The van der Waals surface area contributed by atoms with Gasteiger partial charge in [-0.25, -0.2) is 0 Å². The molecule has 17 heavy (non-hydrogen) atoms. The lowest BCUT2D eigenvalue weighted by Crippen LogP contribution is -2.20. The predicted octanol–water partition coefficient (Wildman–Crippen LogP) is 3.87. The summed E-state index contributed by atoms with van der Waals surface area (Å²) in [5, 5.41) is 8.92. The van der Waals surface area contributed by atoms with Gasteiger partial charge in [-0.15, -0.1) is 0 Å². The van der Waals surface area contributed by atoms with Crippen LogP contribution in [0.15, 0.2) is 0 Å². The van der Waals surface area contributed by atoms with Crippen molar-refractivity contribution in [1.82, 2.24) is 4.90 Å². The van der Waals surface area contributed by atoms with Gasteiger partial charge in [0.2, 0.25) is 0 Å². The molecule has 0 aromatic rings. The summed E-state index contributed by atoms with van der Waals surface area (Å²) < 4.78 is 0. The first-order chi connectivity index (χ1) is 8.42. The summed E-state index contributed by atoms with van der Waals surface area (Å²) in [6, 6.07) is 3.38. The zero-order valence-electron chi connectivity index (χ0n) is 11.0. The van der Waals surface area contributed by atoms with E-state index in [1.165, 1.54) is 70.6 Å². The molecular weight excluding hydrogens is 208 g/mol. The Morgan fingerprint density at radius 3 is 1.65 bits per heavy atom. The molecule has 2 atom stereocenters. The molecule has 1 saturated heterocycles. The summed E-state index contributed by atoms with van der Waals surface area (Å²) in [5.41, 5.74) is 0. The third-order valence-electron chi connectivity index (χ3n) is 4.34. The van der Waals surface area contributed by atoms with Crippen LogP contribution in [0.2, 0.25) is 0 Å². The molecule has 2 aliphatic rings. The van der Waals surface area contributed by atoms with Crippen molar-refractivity contribution in [2.24, 2.45) is 0 Å². The number of hydrogen-bond donors (Lipinski definition) is 0. The van der Waals surface area contributed by atoms with Gasteiger partial charge in [-0.3, -0.25) is 4.90 Å². The molecule has 0 spiro atoms. The number of rotatable bonds is 1. The van der Waals surface area contributed by atoms with Crippen molar-refractivity contribution in [1.29, 1.82) is 5.26 Å². The highest BCUT2D eigenvalue weighted by Gasteiger charge is 2.38. The molecule has 0 aromatic heterocycles. The monoisotopic (exact) mass is 234 g/mol. The molecule has 96 valence electrons. The van der Waals surface area contributed by atoms with Gasteiger partial charge in [0.15, 0.2) is 0 Å². The van der Waals surface area contributed by atoms with Gasteiger partial charge in [-0.2, -0.15) is 5.26 Å². The normalized spacial score (nSPS) is 33.1. The Morgan fingerprint density at radius 1 is 0.765 bits per heavy atom. The van der Waals surface area contributed by atoms with Crippen LogP contribution in [0.5, 0.6) is 0 Å². The Balaban J connectivity index is 1.75. The number of nitrogens with zero attached hydrogens (tertiary/aromatic N) is 2. The van der Waals surface area contributed by atoms with Crippen molar-refractivity contribution in [3.05, 3.63) is 0 Å². The van der Waals surface area contributed by atoms with Gasteiger partial charge in [0.05, 0.1) is 6.07 Å². The molecule has 2 rings (SSSR count). The Kier molecular flexibility index (Phi) is 5.32. The average molecular weight is 234 g/mol. The van der Waals surface area contributed by atoms with E-state index in [2.05, 4.69) is 11.0 Å². The summed E-state index contributed by atoms with van der Waals surface area (Å²) in [7, 11) is 0. The quantitative estimate of drug-likeness (QED) is 0.644. The number of hydrogen-bond acceptors (Lipinski definition) is 2. The van der Waals surface area contributed by atoms with Crippen LogP contribution in [-0.2, 0) is 0 Å². The van der Waals surface area contributed by atoms with E-state index in [0.29, 0.717) is 0 Å². The second-order valence-corrected chi connectivity index (χ2v) is 5.75. The van der Waals surface area contributed by atoms with E-state index in [0.717, 1.165) is 12.6 Å². The minimum Gasteiger partial charge on any atom is -0.281 e. The maximum atomic E-state index is 8.92. The van der Waals surface area contributed by atoms with E-state index >= 15 is 0 Å². The third-order valence-corrected chi connectivity index (χ3v) is 4.34. The molecule has 2 unspecified atom stereocenters. The Hall–Kier alpha value is -0.550. The lowest BCUT2D eigenvalue weighted by atomic mass is 9.98. The maximum Gasteiger partial charge on any atom is 0.111 e. The molecule has 0 amide bonds. The van der Waals surface area contributed by atoms with Crippen LogP contribution in [0, 0.1) is 11.3 Å². The van der Waals surface area contributed by atoms with Crippen LogP contribution in [0.4, 0.5) is 0 Å². The summed E-state index contributed by atoms with van der Waals surface area (Å²) in [6.45, 7) is 1.04. The van der Waals surface area contributed by atoms with Gasteiger partial charge < -0.3 is 0 Å². The highest BCUT2D eigenvalue weighted by atomic mass is 15.3. The smallest absolute Gasteiger partial charge is 0.111 e. The molecular formula is C15H26N2. The van der Waals surface area contributed by atoms with Gasteiger partial charge in [-0.1, -0.05) is 57.8 Å². The van der Waals surface area contributed by atoms with Crippen LogP contribution in [-0.4, -0.2) is 23.5 Å². The van der Waals surface area contributed by atoms with Gasteiger partial charge >= 0.3 is 0 Å². The van der Waals surface area contributed by atoms with Crippen LogP contribution in [0.1, 0.15) is 70.6 Å². The predicted molar refractivity (Wildman–Crippen MR) is 70.7 cm³/mol. The van der Waals surface area contributed by atoms with Gasteiger partial charge in [-0.05, 0) is 12.8 Å². The first-order valence-electron chi connectivity index (χ1n) is 7.57. The summed E-state index contributed by atoms with van der Waals surface area (Å²) >= 11 is 0. The van der Waals surface area contributed by atoms with E-state index in [4.69, 9.17) is 5.26 Å². The largest absolute Gasteiger partial charge is 0.281 e. The van der Waals surface area contributed by atoms with E-state index < -0.39 is 0 Å². The minimum atomic E-state index is 0.257. The lowest BCUT2D eigenvalue weighted by Gasteiger charge is -2.19. The van der Waals surface area contributed by atoms with Crippen molar-refractivity contribution in [2.45, 2.75) is 82.7 Å². The summed E-state index contributed by atoms with van der Waals surface area (Å²) in [5.74, 6) is 0. The van der Waals surface area contributed by atoms with E-state index in [9.17, 15) is 0 Å². The van der Waals surface area contributed by atoms with Crippen molar-refractivity contribution in [2.75, 3.05) is 6.54 Å². The molecule has 2 fully saturated rings. The zero-order chi connectivity index (χ0) is 11.9. The average Bonchev–Trinajstić information content (AvgIpc) is 3.09. The molecule has 1 heterocycles. The molecule has 0 N–H and O–H groups in total. The van der Waals surface area contributed by atoms with Crippen molar-refractivity contribution >= 4 is 0 Å². The van der Waals surface area contributed by atoms with Crippen molar-refractivity contribution < 1.29 is 0 Å². The molecule has 1 aliphatic carbocycles. The summed E-state index contributed by atoms with van der Waals surface area (Å²) in [6.07, 6.45) is 15.4. The fraction of sp³-hybridized carbons (Fsp3) is 0.933. The molecule has 0 aromatic carbocycles. The van der Waals surface area contributed by atoms with Gasteiger partial charge in [0.25, 0.3) is 0 Å². The van der Waals surface area contributed by atoms with E-state index in [1.807, 2.05) is 0 Å². The van der Waals surface area contributed by atoms with E-state index in [-0.39, 0.29) is 6.04 Å². The molecule has 1 saturated carbocycles. The highest BCUT2D eigenvalue weighted by Crippen LogP contribution is 2.28. The molecule has 2 nitrogen and oxygen atoms in total. The second kappa shape index (κ2) is 7.01. The van der Waals surface area contributed by atoms with Crippen molar-refractivity contribution in [3.8, 4) is 6.07 Å². The van der Waals surface area contributed by atoms with Crippen LogP contribution >= 0.6 is 0 Å². The first kappa shape index (κ1) is 12.9. The van der Waals surface area contributed by atoms with Crippen molar-refractivity contribution in [3.63, 3.8) is 0 Å². The van der Waals surface area contributed by atoms with E-state index in [1.54, 1.807) is 0 Å². The van der Waals surface area contributed by atoms with Crippen LogP contribution in [0.3, 0.4) is 0 Å². The molecule has 0 bridgehead atoms. The zero-order valence-corrected chi connectivity index (χ0v) is 11.0. The standard InChI is InChI=1S/C15H26N2/c16-12-15-13-17(15)14-10-8-6-4-2-1-3-5-7-9-11-14/h14-15H,1-11,13H2. The fourth-order valence-corrected chi connectivity index (χ4v) is 3.14. The molecule has 2 heteroatoms. The van der Waals surface area contributed by atoms with Gasteiger partial charge in [0, 0.05) is 12.6 Å².